The van der Waals surface area contributed by atoms with Crippen molar-refractivity contribution in [1.29, 1.82) is 0 Å². The molecule has 1 aliphatic carbocycles. The van der Waals surface area contributed by atoms with Gasteiger partial charge < -0.3 is 5.11 Å². The van der Waals surface area contributed by atoms with Gasteiger partial charge in [-0.3, -0.25) is 0 Å². The van der Waals surface area contributed by atoms with Crippen molar-refractivity contribution >= 4 is 0 Å². The molecule has 1 N–H and O–H groups in total. The normalized spacial score (nSPS) is 36.5. The number of hydrogen-bond acceptors (Lipinski definition) is 1. The first-order valence-corrected chi connectivity index (χ1v) is 6.15. The Bertz CT molecular complexity index is 238. The van der Waals surface area contributed by atoms with Gasteiger partial charge in [0.1, 0.15) is 0 Å². The fraction of sp³-hybridized carbons (Fsp3) is 0.857. The van der Waals surface area contributed by atoms with E-state index in [9.17, 15) is 5.11 Å². The number of terminal acetylenes is 1. The van der Waals surface area contributed by atoms with Crippen molar-refractivity contribution in [2.75, 3.05) is 0 Å². The molecule has 1 nitrogen and oxygen atoms in total. The highest BCUT2D eigenvalue weighted by Crippen LogP contribution is 2.43. The predicted octanol–water partition coefficient (Wildman–Crippen LogP) is 3.22. The molecule has 0 saturated heterocycles. The highest BCUT2D eigenvalue weighted by Gasteiger charge is 2.41. The SMILES string of the molecule is C#CCCC1(O)CC(C)CCC1C(C)C. The zero-order chi connectivity index (χ0) is 11.5. The molecule has 1 rings (SSSR count). The van der Waals surface area contributed by atoms with Crippen LogP contribution in [-0.4, -0.2) is 10.7 Å². The Kier molecular flexibility index (Phi) is 4.22. The second-order valence-corrected chi connectivity index (χ2v) is 5.54. The van der Waals surface area contributed by atoms with Gasteiger partial charge in [0.2, 0.25) is 0 Å². The van der Waals surface area contributed by atoms with E-state index >= 15 is 0 Å². The fourth-order valence-electron chi connectivity index (χ4n) is 3.12. The lowest BCUT2D eigenvalue weighted by Gasteiger charge is -2.44. The van der Waals surface area contributed by atoms with Crippen LogP contribution >= 0.6 is 0 Å². The summed E-state index contributed by atoms with van der Waals surface area (Å²) in [7, 11) is 0. The monoisotopic (exact) mass is 208 g/mol. The van der Waals surface area contributed by atoms with Crippen molar-refractivity contribution in [2.45, 2.75) is 58.5 Å². The highest BCUT2D eigenvalue weighted by molar-refractivity contribution is 4.97. The van der Waals surface area contributed by atoms with Crippen LogP contribution in [0.3, 0.4) is 0 Å². The Morgan fingerprint density at radius 1 is 1.47 bits per heavy atom. The van der Waals surface area contributed by atoms with Gasteiger partial charge in [0, 0.05) is 6.42 Å². The molecular weight excluding hydrogens is 184 g/mol. The fourth-order valence-corrected chi connectivity index (χ4v) is 3.12. The Balaban J connectivity index is 2.72. The summed E-state index contributed by atoms with van der Waals surface area (Å²) in [4.78, 5) is 0. The van der Waals surface area contributed by atoms with Crippen molar-refractivity contribution in [3.63, 3.8) is 0 Å². The maximum Gasteiger partial charge on any atom is 0.0689 e. The van der Waals surface area contributed by atoms with E-state index in [2.05, 4.69) is 26.7 Å². The summed E-state index contributed by atoms with van der Waals surface area (Å²) in [6, 6.07) is 0. The molecule has 3 atom stereocenters. The summed E-state index contributed by atoms with van der Waals surface area (Å²) in [5.41, 5.74) is -0.502. The second-order valence-electron chi connectivity index (χ2n) is 5.54. The zero-order valence-electron chi connectivity index (χ0n) is 10.3. The van der Waals surface area contributed by atoms with Gasteiger partial charge in [0.05, 0.1) is 5.60 Å². The number of hydrogen-bond donors (Lipinski definition) is 1. The van der Waals surface area contributed by atoms with Gasteiger partial charge >= 0.3 is 0 Å². The molecule has 0 bridgehead atoms. The molecule has 0 radical (unpaired) electrons. The third kappa shape index (κ3) is 2.98. The van der Waals surface area contributed by atoms with Crippen molar-refractivity contribution < 1.29 is 5.11 Å². The summed E-state index contributed by atoms with van der Waals surface area (Å²) in [6.07, 6.45) is 10.1. The molecule has 15 heavy (non-hydrogen) atoms. The lowest BCUT2D eigenvalue weighted by molar-refractivity contribution is -0.0847. The molecule has 0 aromatic rings. The lowest BCUT2D eigenvalue weighted by atomic mass is 9.65. The summed E-state index contributed by atoms with van der Waals surface area (Å²) in [5, 5.41) is 10.7. The molecule has 1 saturated carbocycles. The molecule has 0 aromatic carbocycles. The van der Waals surface area contributed by atoms with E-state index in [4.69, 9.17) is 6.42 Å². The van der Waals surface area contributed by atoms with Gasteiger partial charge in [-0.05, 0) is 37.0 Å². The molecule has 1 fully saturated rings. The molecule has 0 amide bonds. The molecule has 0 heterocycles. The Morgan fingerprint density at radius 2 is 2.13 bits per heavy atom. The molecule has 86 valence electrons. The maximum atomic E-state index is 10.7. The van der Waals surface area contributed by atoms with Crippen molar-refractivity contribution in [3.05, 3.63) is 0 Å². The average Bonchev–Trinajstić information content (AvgIpc) is 2.14. The molecule has 0 aromatic heterocycles. The van der Waals surface area contributed by atoms with Crippen LogP contribution in [-0.2, 0) is 0 Å². The third-order valence-corrected chi connectivity index (χ3v) is 3.87. The Hall–Kier alpha value is -0.480. The minimum atomic E-state index is -0.502. The van der Waals surface area contributed by atoms with Gasteiger partial charge in [-0.1, -0.05) is 27.2 Å². The highest BCUT2D eigenvalue weighted by atomic mass is 16.3. The van der Waals surface area contributed by atoms with Crippen LogP contribution in [0.15, 0.2) is 0 Å². The maximum absolute atomic E-state index is 10.7. The first kappa shape index (κ1) is 12.6. The first-order chi connectivity index (χ1) is 6.99. The predicted molar refractivity (Wildman–Crippen MR) is 64.4 cm³/mol. The summed E-state index contributed by atoms with van der Waals surface area (Å²) in [6.45, 7) is 6.65. The first-order valence-electron chi connectivity index (χ1n) is 6.15. The van der Waals surface area contributed by atoms with Crippen LogP contribution in [0.4, 0.5) is 0 Å². The average molecular weight is 208 g/mol. The van der Waals surface area contributed by atoms with Crippen LogP contribution in [0.25, 0.3) is 0 Å². The van der Waals surface area contributed by atoms with Gasteiger partial charge in [0.25, 0.3) is 0 Å². The largest absolute Gasteiger partial charge is 0.390 e. The second kappa shape index (κ2) is 5.03. The lowest BCUT2D eigenvalue weighted by Crippen LogP contribution is -2.45. The van der Waals surface area contributed by atoms with Crippen LogP contribution in [0.1, 0.15) is 52.9 Å². The Morgan fingerprint density at radius 3 is 2.67 bits per heavy atom. The van der Waals surface area contributed by atoms with Gasteiger partial charge in [-0.15, -0.1) is 12.3 Å². The van der Waals surface area contributed by atoms with E-state index in [1.807, 2.05) is 0 Å². The minimum absolute atomic E-state index is 0.432. The quantitative estimate of drug-likeness (QED) is 0.706. The molecule has 0 aliphatic heterocycles. The van der Waals surface area contributed by atoms with Gasteiger partial charge in [-0.2, -0.15) is 0 Å². The van der Waals surface area contributed by atoms with Crippen LogP contribution in [0.2, 0.25) is 0 Å². The topological polar surface area (TPSA) is 20.2 Å². The standard InChI is InChI=1S/C14H24O/c1-5-6-9-14(15)10-12(4)7-8-13(14)11(2)3/h1,11-13,15H,6-10H2,2-4H3. The van der Waals surface area contributed by atoms with Crippen molar-refractivity contribution in [1.82, 2.24) is 0 Å². The van der Waals surface area contributed by atoms with E-state index in [0.29, 0.717) is 24.2 Å². The summed E-state index contributed by atoms with van der Waals surface area (Å²) >= 11 is 0. The minimum Gasteiger partial charge on any atom is -0.390 e. The zero-order valence-corrected chi connectivity index (χ0v) is 10.3. The number of aliphatic hydroxyl groups is 1. The molecule has 1 heteroatoms. The van der Waals surface area contributed by atoms with Crippen LogP contribution in [0.5, 0.6) is 0 Å². The third-order valence-electron chi connectivity index (χ3n) is 3.87. The van der Waals surface area contributed by atoms with Crippen LogP contribution in [0, 0.1) is 30.1 Å². The Labute approximate surface area is 94.3 Å². The van der Waals surface area contributed by atoms with Crippen molar-refractivity contribution in [3.8, 4) is 12.3 Å². The molecule has 1 aliphatic rings. The van der Waals surface area contributed by atoms with E-state index in [1.165, 1.54) is 6.42 Å². The summed E-state index contributed by atoms with van der Waals surface area (Å²) in [5.74, 6) is 4.28. The smallest absolute Gasteiger partial charge is 0.0689 e. The van der Waals surface area contributed by atoms with Gasteiger partial charge in [-0.25, -0.2) is 0 Å². The van der Waals surface area contributed by atoms with E-state index < -0.39 is 5.60 Å². The van der Waals surface area contributed by atoms with Crippen molar-refractivity contribution in [2.24, 2.45) is 17.8 Å². The molecular formula is C14H24O. The van der Waals surface area contributed by atoms with E-state index in [0.717, 1.165) is 19.3 Å². The number of rotatable bonds is 3. The van der Waals surface area contributed by atoms with E-state index in [-0.39, 0.29) is 0 Å². The van der Waals surface area contributed by atoms with Gasteiger partial charge in [0.15, 0.2) is 0 Å². The van der Waals surface area contributed by atoms with Crippen LogP contribution < -0.4 is 0 Å². The van der Waals surface area contributed by atoms with E-state index in [1.54, 1.807) is 0 Å². The summed E-state index contributed by atoms with van der Waals surface area (Å²) < 4.78 is 0. The molecule has 3 unspecified atom stereocenters. The molecule has 0 spiro atoms.